The van der Waals surface area contributed by atoms with Gasteiger partial charge in [-0.2, -0.15) is 5.10 Å². The third-order valence-electron chi connectivity index (χ3n) is 2.43. The molecular formula is C12H12IN3O2. The van der Waals surface area contributed by atoms with Crippen molar-refractivity contribution in [2.24, 2.45) is 0 Å². The maximum atomic E-state index is 11.4. The predicted molar refractivity (Wildman–Crippen MR) is 76.2 cm³/mol. The summed E-state index contributed by atoms with van der Waals surface area (Å²) in [6.45, 7) is 0.568. The van der Waals surface area contributed by atoms with Crippen molar-refractivity contribution >= 4 is 34.2 Å². The molecule has 0 spiro atoms. The fourth-order valence-electron chi connectivity index (χ4n) is 1.55. The van der Waals surface area contributed by atoms with Crippen LogP contribution in [-0.4, -0.2) is 22.9 Å². The summed E-state index contributed by atoms with van der Waals surface area (Å²) in [5, 5.41) is 4.11. The maximum Gasteiger partial charge on any atom is 0.360 e. The van der Waals surface area contributed by atoms with E-state index in [4.69, 9.17) is 5.73 Å². The molecule has 2 aromatic rings. The molecule has 0 aliphatic heterocycles. The van der Waals surface area contributed by atoms with Gasteiger partial charge in [-0.25, -0.2) is 4.79 Å². The number of nitrogens with two attached hydrogens (primary N) is 1. The van der Waals surface area contributed by atoms with Crippen LogP contribution in [0.25, 0.3) is 0 Å². The molecule has 0 atom stereocenters. The van der Waals surface area contributed by atoms with E-state index >= 15 is 0 Å². The Kier molecular flexibility index (Phi) is 3.85. The first-order valence-corrected chi connectivity index (χ1v) is 6.33. The third kappa shape index (κ3) is 2.81. The molecule has 0 unspecified atom stereocenters. The molecular weight excluding hydrogens is 345 g/mol. The van der Waals surface area contributed by atoms with Gasteiger partial charge in [-0.15, -0.1) is 0 Å². The summed E-state index contributed by atoms with van der Waals surface area (Å²) in [5.74, 6) is -0.520. The Morgan fingerprint density at radius 2 is 2.11 bits per heavy atom. The summed E-state index contributed by atoms with van der Waals surface area (Å²) < 4.78 is 7.40. The van der Waals surface area contributed by atoms with Gasteiger partial charge in [0.25, 0.3) is 0 Å². The van der Waals surface area contributed by atoms with Gasteiger partial charge in [0.2, 0.25) is 0 Å². The largest absolute Gasteiger partial charge is 0.464 e. The SMILES string of the molecule is COC(=O)c1nn(Cc2ccc(I)cc2)cc1N. The molecule has 0 amide bonds. The molecule has 2 rings (SSSR count). The zero-order valence-corrected chi connectivity index (χ0v) is 11.9. The second-order valence-electron chi connectivity index (χ2n) is 3.75. The van der Waals surface area contributed by atoms with E-state index < -0.39 is 5.97 Å². The number of nitrogens with zero attached hydrogens (tertiary/aromatic N) is 2. The van der Waals surface area contributed by atoms with Crippen molar-refractivity contribution in [3.05, 3.63) is 45.3 Å². The standard InChI is InChI=1S/C12H12IN3O2/c1-18-12(17)11-10(14)7-16(15-11)6-8-2-4-9(13)5-3-8/h2-5,7H,6,14H2,1H3. The van der Waals surface area contributed by atoms with Crippen molar-refractivity contribution in [2.75, 3.05) is 12.8 Å². The molecule has 5 nitrogen and oxygen atoms in total. The number of ether oxygens (including phenoxy) is 1. The zero-order chi connectivity index (χ0) is 13.1. The number of halogens is 1. The van der Waals surface area contributed by atoms with Crippen molar-refractivity contribution in [3.63, 3.8) is 0 Å². The van der Waals surface area contributed by atoms with Crippen LogP contribution >= 0.6 is 22.6 Å². The van der Waals surface area contributed by atoms with Crippen molar-refractivity contribution in [2.45, 2.75) is 6.54 Å². The number of methoxy groups -OCH3 is 1. The number of benzene rings is 1. The lowest BCUT2D eigenvalue weighted by Gasteiger charge is -2.01. The molecule has 0 saturated carbocycles. The first-order valence-electron chi connectivity index (χ1n) is 5.26. The summed E-state index contributed by atoms with van der Waals surface area (Å²) in [7, 11) is 1.31. The number of esters is 1. The van der Waals surface area contributed by atoms with Crippen LogP contribution in [-0.2, 0) is 11.3 Å². The number of rotatable bonds is 3. The average molecular weight is 357 g/mol. The predicted octanol–water partition coefficient (Wildman–Crippen LogP) is 1.90. The fraction of sp³-hybridized carbons (Fsp3) is 0.167. The number of aromatic nitrogens is 2. The van der Waals surface area contributed by atoms with Gasteiger partial charge in [0.1, 0.15) is 0 Å². The Labute approximate surface area is 118 Å². The molecule has 0 saturated heterocycles. The van der Waals surface area contributed by atoms with Crippen LogP contribution < -0.4 is 5.73 Å². The smallest absolute Gasteiger partial charge is 0.360 e. The van der Waals surface area contributed by atoms with Crippen LogP contribution in [0.3, 0.4) is 0 Å². The van der Waals surface area contributed by atoms with Crippen LogP contribution in [0.15, 0.2) is 30.5 Å². The highest BCUT2D eigenvalue weighted by Gasteiger charge is 2.14. The molecule has 0 bridgehead atoms. The van der Waals surface area contributed by atoms with E-state index in [9.17, 15) is 4.79 Å². The Hall–Kier alpha value is -1.57. The average Bonchev–Trinajstić information content (AvgIpc) is 2.72. The Morgan fingerprint density at radius 1 is 1.44 bits per heavy atom. The van der Waals surface area contributed by atoms with E-state index in [1.807, 2.05) is 24.3 Å². The quantitative estimate of drug-likeness (QED) is 0.673. The van der Waals surface area contributed by atoms with Crippen LogP contribution in [0.4, 0.5) is 5.69 Å². The lowest BCUT2D eigenvalue weighted by molar-refractivity contribution is 0.0594. The minimum absolute atomic E-state index is 0.156. The second kappa shape index (κ2) is 5.38. The molecule has 0 fully saturated rings. The van der Waals surface area contributed by atoms with Crippen molar-refractivity contribution in [1.82, 2.24) is 9.78 Å². The van der Waals surface area contributed by atoms with Crippen LogP contribution in [0.5, 0.6) is 0 Å². The lowest BCUT2D eigenvalue weighted by atomic mass is 10.2. The van der Waals surface area contributed by atoms with Gasteiger partial charge in [-0.3, -0.25) is 4.68 Å². The van der Waals surface area contributed by atoms with Gasteiger partial charge in [0.05, 0.1) is 19.3 Å². The first kappa shape index (κ1) is 12.9. The van der Waals surface area contributed by atoms with Crippen LogP contribution in [0.1, 0.15) is 16.1 Å². The Balaban J connectivity index is 2.20. The summed E-state index contributed by atoms with van der Waals surface area (Å²) >= 11 is 2.25. The minimum Gasteiger partial charge on any atom is -0.464 e. The maximum absolute atomic E-state index is 11.4. The van der Waals surface area contributed by atoms with Gasteiger partial charge in [-0.1, -0.05) is 12.1 Å². The van der Waals surface area contributed by atoms with E-state index in [0.717, 1.165) is 5.56 Å². The molecule has 2 N–H and O–H groups in total. The highest BCUT2D eigenvalue weighted by molar-refractivity contribution is 14.1. The van der Waals surface area contributed by atoms with Gasteiger partial charge in [0, 0.05) is 9.77 Å². The summed E-state index contributed by atoms with van der Waals surface area (Å²) in [6.07, 6.45) is 1.63. The second-order valence-corrected chi connectivity index (χ2v) is 4.99. The van der Waals surface area contributed by atoms with Gasteiger partial charge >= 0.3 is 5.97 Å². The van der Waals surface area contributed by atoms with E-state index in [0.29, 0.717) is 12.2 Å². The number of carbonyl (C=O) groups is 1. The van der Waals surface area contributed by atoms with Crippen molar-refractivity contribution in [1.29, 1.82) is 0 Å². The number of carbonyl (C=O) groups excluding carboxylic acids is 1. The molecule has 94 valence electrons. The molecule has 0 radical (unpaired) electrons. The van der Waals surface area contributed by atoms with Gasteiger partial charge in [0.15, 0.2) is 5.69 Å². The van der Waals surface area contributed by atoms with Gasteiger partial charge < -0.3 is 10.5 Å². The number of anilines is 1. The molecule has 6 heteroatoms. The highest BCUT2D eigenvalue weighted by atomic mass is 127. The van der Waals surface area contributed by atoms with Gasteiger partial charge in [-0.05, 0) is 40.3 Å². The molecule has 1 heterocycles. The minimum atomic E-state index is -0.520. The topological polar surface area (TPSA) is 70.1 Å². The van der Waals surface area contributed by atoms with Crippen molar-refractivity contribution in [3.8, 4) is 0 Å². The molecule has 18 heavy (non-hydrogen) atoms. The fourth-order valence-corrected chi connectivity index (χ4v) is 1.91. The normalized spacial score (nSPS) is 10.3. The Morgan fingerprint density at radius 3 is 2.72 bits per heavy atom. The monoisotopic (exact) mass is 357 g/mol. The summed E-state index contributed by atoms with van der Waals surface area (Å²) in [4.78, 5) is 11.4. The van der Waals surface area contributed by atoms with E-state index in [-0.39, 0.29) is 5.69 Å². The number of nitrogen functional groups attached to an aromatic ring is 1. The van der Waals surface area contributed by atoms with Crippen molar-refractivity contribution < 1.29 is 9.53 Å². The zero-order valence-electron chi connectivity index (χ0n) is 9.76. The highest BCUT2D eigenvalue weighted by Crippen LogP contribution is 2.13. The third-order valence-corrected chi connectivity index (χ3v) is 3.15. The number of hydrogen-bond acceptors (Lipinski definition) is 4. The Bertz CT molecular complexity index is 563. The van der Waals surface area contributed by atoms with E-state index in [1.165, 1.54) is 10.7 Å². The van der Waals surface area contributed by atoms with E-state index in [1.54, 1.807) is 10.9 Å². The van der Waals surface area contributed by atoms with Crippen LogP contribution in [0.2, 0.25) is 0 Å². The summed E-state index contributed by atoms with van der Waals surface area (Å²) in [6, 6.07) is 8.06. The summed E-state index contributed by atoms with van der Waals surface area (Å²) in [5.41, 5.74) is 7.28. The van der Waals surface area contributed by atoms with E-state index in [2.05, 4.69) is 32.4 Å². The lowest BCUT2D eigenvalue weighted by Crippen LogP contribution is -2.07. The molecule has 0 aliphatic rings. The van der Waals surface area contributed by atoms with Crippen LogP contribution in [0, 0.1) is 3.57 Å². The first-order chi connectivity index (χ1) is 8.60. The molecule has 0 aliphatic carbocycles. The number of hydrogen-bond donors (Lipinski definition) is 1. The molecule has 1 aromatic carbocycles. The molecule has 1 aromatic heterocycles.